The second-order valence-electron chi connectivity index (χ2n) is 4.88. The summed E-state index contributed by atoms with van der Waals surface area (Å²) in [7, 11) is 3.90. The normalized spacial score (nSPS) is 12.7. The fourth-order valence-electron chi connectivity index (χ4n) is 2.50. The molecule has 1 aromatic carbocycles. The summed E-state index contributed by atoms with van der Waals surface area (Å²) in [6.45, 7) is 4.10. The highest BCUT2D eigenvalue weighted by Gasteiger charge is 2.19. The minimum atomic E-state index is -0.196. The van der Waals surface area contributed by atoms with Crippen molar-refractivity contribution in [2.24, 2.45) is 7.05 Å². The highest BCUT2D eigenvalue weighted by Crippen LogP contribution is 2.24. The number of likely N-dealkylation sites (N-methyl/N-ethyl adjacent to an activating group) is 1. The summed E-state index contributed by atoms with van der Waals surface area (Å²) >= 11 is 0. The smallest absolute Gasteiger partial charge is 0.123 e. The maximum absolute atomic E-state index is 12.9. The Bertz CT molecular complexity index is 558. The van der Waals surface area contributed by atoms with Gasteiger partial charge in [0.2, 0.25) is 0 Å². The molecule has 1 heterocycles. The summed E-state index contributed by atoms with van der Waals surface area (Å²) in [4.78, 5) is 0. The SMILES string of the molecule is CNC(Cc1ccc(F)cc1)c1c(C)nn(C)c1C. The van der Waals surface area contributed by atoms with Gasteiger partial charge in [-0.15, -0.1) is 0 Å². The molecule has 0 aliphatic rings. The predicted octanol–water partition coefficient (Wildman–Crippen LogP) is 2.68. The Morgan fingerprint density at radius 1 is 1.26 bits per heavy atom. The van der Waals surface area contributed by atoms with Crippen LogP contribution in [0, 0.1) is 19.7 Å². The molecule has 0 radical (unpaired) electrons. The van der Waals surface area contributed by atoms with Crippen LogP contribution in [0.1, 0.15) is 28.6 Å². The Labute approximate surface area is 113 Å². The van der Waals surface area contributed by atoms with E-state index in [4.69, 9.17) is 0 Å². The molecule has 0 saturated heterocycles. The molecule has 4 heteroatoms. The first-order valence-corrected chi connectivity index (χ1v) is 6.44. The quantitative estimate of drug-likeness (QED) is 0.917. The number of nitrogens with one attached hydrogen (secondary N) is 1. The molecule has 1 aromatic heterocycles. The molecule has 0 saturated carbocycles. The molecule has 1 N–H and O–H groups in total. The molecule has 0 bridgehead atoms. The molecule has 102 valence electrons. The van der Waals surface area contributed by atoms with Crippen LogP contribution in [-0.4, -0.2) is 16.8 Å². The second kappa shape index (κ2) is 5.53. The lowest BCUT2D eigenvalue weighted by molar-refractivity contribution is 0.582. The summed E-state index contributed by atoms with van der Waals surface area (Å²) < 4.78 is 14.8. The molecule has 1 unspecified atom stereocenters. The summed E-state index contributed by atoms with van der Waals surface area (Å²) in [5, 5.41) is 7.78. The highest BCUT2D eigenvalue weighted by molar-refractivity contribution is 5.30. The van der Waals surface area contributed by atoms with Crippen molar-refractivity contribution < 1.29 is 4.39 Å². The van der Waals surface area contributed by atoms with Crippen LogP contribution in [-0.2, 0) is 13.5 Å². The largest absolute Gasteiger partial charge is 0.313 e. The maximum atomic E-state index is 12.9. The van der Waals surface area contributed by atoms with Crippen LogP contribution in [0.5, 0.6) is 0 Å². The number of hydrogen-bond acceptors (Lipinski definition) is 2. The fraction of sp³-hybridized carbons (Fsp3) is 0.400. The number of aromatic nitrogens is 2. The van der Waals surface area contributed by atoms with Gasteiger partial charge < -0.3 is 5.32 Å². The third-order valence-corrected chi connectivity index (χ3v) is 3.61. The van der Waals surface area contributed by atoms with Crippen molar-refractivity contribution >= 4 is 0 Å². The van der Waals surface area contributed by atoms with E-state index in [-0.39, 0.29) is 11.9 Å². The number of aryl methyl sites for hydroxylation is 2. The molecule has 0 fully saturated rings. The van der Waals surface area contributed by atoms with Gasteiger partial charge in [0.1, 0.15) is 5.82 Å². The van der Waals surface area contributed by atoms with Crippen LogP contribution in [0.2, 0.25) is 0 Å². The van der Waals surface area contributed by atoms with Crippen molar-refractivity contribution in [3.05, 3.63) is 52.6 Å². The van der Waals surface area contributed by atoms with E-state index < -0.39 is 0 Å². The lowest BCUT2D eigenvalue weighted by atomic mass is 9.97. The first-order valence-electron chi connectivity index (χ1n) is 6.44. The van der Waals surface area contributed by atoms with Crippen LogP contribution in [0.4, 0.5) is 4.39 Å². The van der Waals surface area contributed by atoms with Gasteiger partial charge in [-0.05, 0) is 45.0 Å². The van der Waals surface area contributed by atoms with Gasteiger partial charge in [0, 0.05) is 24.3 Å². The van der Waals surface area contributed by atoms with Gasteiger partial charge in [0.05, 0.1) is 5.69 Å². The number of nitrogens with zero attached hydrogens (tertiary/aromatic N) is 2. The zero-order valence-corrected chi connectivity index (χ0v) is 11.9. The molecule has 3 nitrogen and oxygen atoms in total. The Balaban J connectivity index is 2.27. The van der Waals surface area contributed by atoms with Crippen LogP contribution >= 0.6 is 0 Å². The van der Waals surface area contributed by atoms with Crippen molar-refractivity contribution in [2.75, 3.05) is 7.05 Å². The summed E-state index contributed by atoms with van der Waals surface area (Å²) in [6.07, 6.45) is 0.824. The van der Waals surface area contributed by atoms with Crippen molar-refractivity contribution in [1.82, 2.24) is 15.1 Å². The molecule has 19 heavy (non-hydrogen) atoms. The molecule has 0 spiro atoms. The minimum Gasteiger partial charge on any atom is -0.313 e. The van der Waals surface area contributed by atoms with Crippen LogP contribution in [0.15, 0.2) is 24.3 Å². The Morgan fingerprint density at radius 2 is 1.89 bits per heavy atom. The van der Waals surface area contributed by atoms with Crippen LogP contribution < -0.4 is 5.32 Å². The molecular formula is C15H20FN3. The average Bonchev–Trinajstić information content (AvgIpc) is 2.63. The van der Waals surface area contributed by atoms with Crippen molar-refractivity contribution in [1.29, 1.82) is 0 Å². The van der Waals surface area contributed by atoms with Gasteiger partial charge in [-0.2, -0.15) is 5.10 Å². The van der Waals surface area contributed by atoms with E-state index in [1.54, 1.807) is 0 Å². The van der Waals surface area contributed by atoms with E-state index in [0.29, 0.717) is 0 Å². The van der Waals surface area contributed by atoms with Crippen LogP contribution in [0.3, 0.4) is 0 Å². The topological polar surface area (TPSA) is 29.9 Å². The van der Waals surface area contributed by atoms with E-state index in [2.05, 4.69) is 17.3 Å². The molecular weight excluding hydrogens is 241 g/mol. The maximum Gasteiger partial charge on any atom is 0.123 e. The third-order valence-electron chi connectivity index (χ3n) is 3.61. The summed E-state index contributed by atoms with van der Waals surface area (Å²) in [5.74, 6) is -0.196. The van der Waals surface area contributed by atoms with Gasteiger partial charge in [-0.3, -0.25) is 4.68 Å². The number of hydrogen-bond donors (Lipinski definition) is 1. The third kappa shape index (κ3) is 2.84. The Morgan fingerprint density at radius 3 is 2.37 bits per heavy atom. The predicted molar refractivity (Wildman–Crippen MR) is 74.6 cm³/mol. The van der Waals surface area contributed by atoms with E-state index >= 15 is 0 Å². The minimum absolute atomic E-state index is 0.194. The molecule has 0 aliphatic heterocycles. The zero-order chi connectivity index (χ0) is 14.0. The van der Waals surface area contributed by atoms with E-state index in [9.17, 15) is 4.39 Å². The van der Waals surface area contributed by atoms with Crippen LogP contribution in [0.25, 0.3) is 0 Å². The molecule has 2 aromatic rings. The number of rotatable bonds is 4. The Hall–Kier alpha value is -1.68. The first kappa shape index (κ1) is 13.7. The number of benzene rings is 1. The zero-order valence-electron chi connectivity index (χ0n) is 11.9. The fourth-order valence-corrected chi connectivity index (χ4v) is 2.50. The van der Waals surface area contributed by atoms with Gasteiger partial charge in [0.25, 0.3) is 0 Å². The van der Waals surface area contributed by atoms with Crippen molar-refractivity contribution in [3.8, 4) is 0 Å². The van der Waals surface area contributed by atoms with Gasteiger partial charge in [-0.1, -0.05) is 12.1 Å². The molecule has 2 rings (SSSR count). The lowest BCUT2D eigenvalue weighted by Crippen LogP contribution is -2.20. The molecule has 0 aliphatic carbocycles. The van der Waals surface area contributed by atoms with E-state index in [1.807, 2.05) is 37.8 Å². The summed E-state index contributed by atoms with van der Waals surface area (Å²) in [5.41, 5.74) is 4.55. The second-order valence-corrected chi connectivity index (χ2v) is 4.88. The average molecular weight is 261 g/mol. The Kier molecular flexibility index (Phi) is 4.00. The molecule has 1 atom stereocenters. The number of halogens is 1. The van der Waals surface area contributed by atoms with Gasteiger partial charge >= 0.3 is 0 Å². The lowest BCUT2D eigenvalue weighted by Gasteiger charge is -2.17. The van der Waals surface area contributed by atoms with Crippen molar-refractivity contribution in [3.63, 3.8) is 0 Å². The highest BCUT2D eigenvalue weighted by atomic mass is 19.1. The molecule has 0 amide bonds. The van der Waals surface area contributed by atoms with Gasteiger partial charge in [0.15, 0.2) is 0 Å². The standard InChI is InChI=1S/C15H20FN3/c1-10-15(11(2)19(4)18-10)14(17-3)9-12-5-7-13(16)8-6-12/h5-8,14,17H,9H2,1-4H3. The summed E-state index contributed by atoms with van der Waals surface area (Å²) in [6, 6.07) is 6.87. The van der Waals surface area contributed by atoms with Crippen molar-refractivity contribution in [2.45, 2.75) is 26.3 Å². The van der Waals surface area contributed by atoms with Gasteiger partial charge in [-0.25, -0.2) is 4.39 Å². The van der Waals surface area contributed by atoms with E-state index in [1.165, 1.54) is 23.4 Å². The first-order chi connectivity index (χ1) is 9.02. The van der Waals surface area contributed by atoms with E-state index in [0.717, 1.165) is 17.7 Å². The monoisotopic (exact) mass is 261 g/mol.